The summed E-state index contributed by atoms with van der Waals surface area (Å²) < 4.78 is 1.86. The molecule has 1 aliphatic heterocycles. The molecule has 1 aromatic carbocycles. The number of rotatable bonds is 3. The van der Waals surface area contributed by atoms with E-state index in [1.54, 1.807) is 7.05 Å². The molecule has 0 radical (unpaired) electrons. The van der Waals surface area contributed by atoms with Gasteiger partial charge in [-0.15, -0.1) is 0 Å². The summed E-state index contributed by atoms with van der Waals surface area (Å²) in [6.07, 6.45) is 0. The highest BCUT2D eigenvalue weighted by Gasteiger charge is 2.24. The number of carbonyl (C=O) groups excluding carboxylic acids is 2. The van der Waals surface area contributed by atoms with Crippen LogP contribution in [-0.2, 0) is 4.79 Å². The Balaban J connectivity index is 1.97. The number of nitrogens with one attached hydrogen (secondary N) is 1. The van der Waals surface area contributed by atoms with Gasteiger partial charge in [-0.25, -0.2) is 0 Å². The maximum Gasteiger partial charge on any atom is 0.255 e. The van der Waals surface area contributed by atoms with Gasteiger partial charge in [-0.2, -0.15) is 0 Å². The Morgan fingerprint density at radius 3 is 2.57 bits per heavy atom. The van der Waals surface area contributed by atoms with Crippen LogP contribution < -0.4 is 5.32 Å². The molecule has 0 atom stereocenters. The Morgan fingerprint density at radius 2 is 1.95 bits per heavy atom. The Hall–Kier alpha value is -0.670. The van der Waals surface area contributed by atoms with Crippen molar-refractivity contribution in [2.24, 2.45) is 0 Å². The van der Waals surface area contributed by atoms with E-state index < -0.39 is 0 Å². The average Bonchev–Trinajstić information content (AvgIpc) is 2.49. The number of benzene rings is 1. The predicted octanol–water partition coefficient (Wildman–Crippen LogP) is 1.56. The second-order valence-corrected chi connectivity index (χ2v) is 6.97. The second kappa shape index (κ2) is 7.55. The highest BCUT2D eigenvalue weighted by atomic mass is 127. The maximum atomic E-state index is 12.6. The number of piperazine rings is 1. The summed E-state index contributed by atoms with van der Waals surface area (Å²) in [5.41, 5.74) is 0.696. The summed E-state index contributed by atoms with van der Waals surface area (Å²) in [6.45, 7) is 3.13. The van der Waals surface area contributed by atoms with Gasteiger partial charge in [0.15, 0.2) is 0 Å². The van der Waals surface area contributed by atoms with Gasteiger partial charge in [0.2, 0.25) is 5.91 Å². The molecule has 2 rings (SSSR count). The number of amides is 2. The Kier molecular flexibility index (Phi) is 6.00. The van der Waals surface area contributed by atoms with Gasteiger partial charge in [-0.1, -0.05) is 0 Å². The lowest BCUT2D eigenvalue weighted by atomic mass is 10.2. The minimum absolute atomic E-state index is 0.00938. The molecule has 1 fully saturated rings. The molecule has 0 aliphatic carbocycles. The highest BCUT2D eigenvalue weighted by Crippen LogP contribution is 2.21. The summed E-state index contributed by atoms with van der Waals surface area (Å²) in [6, 6.07) is 5.75. The van der Waals surface area contributed by atoms with Crippen molar-refractivity contribution < 1.29 is 9.59 Å². The van der Waals surface area contributed by atoms with Gasteiger partial charge in [0, 0.05) is 41.3 Å². The highest BCUT2D eigenvalue weighted by molar-refractivity contribution is 14.1. The van der Waals surface area contributed by atoms with Crippen molar-refractivity contribution in [3.8, 4) is 0 Å². The van der Waals surface area contributed by atoms with E-state index in [0.717, 1.165) is 21.1 Å². The topological polar surface area (TPSA) is 52.7 Å². The Labute approximate surface area is 146 Å². The molecule has 0 bridgehead atoms. The Bertz CT molecular complexity index is 545. The molecule has 0 saturated carbocycles. The van der Waals surface area contributed by atoms with Gasteiger partial charge in [-0.3, -0.25) is 14.5 Å². The summed E-state index contributed by atoms with van der Waals surface area (Å²) in [5.74, 6) is 0.0510. The number of carbonyl (C=O) groups is 2. The van der Waals surface area contributed by atoms with Crippen LogP contribution in [0.5, 0.6) is 0 Å². The van der Waals surface area contributed by atoms with Crippen LogP contribution in [-0.4, -0.2) is 61.4 Å². The zero-order valence-corrected chi connectivity index (χ0v) is 15.5. The molecular weight excluding hydrogens is 449 g/mol. The molecule has 2 amide bonds. The van der Waals surface area contributed by atoms with Gasteiger partial charge >= 0.3 is 0 Å². The van der Waals surface area contributed by atoms with Crippen molar-refractivity contribution in [2.75, 3.05) is 39.8 Å². The third-order valence-corrected chi connectivity index (χ3v) is 4.83. The normalized spacial score (nSPS) is 15.9. The fraction of sp³-hybridized carbons (Fsp3) is 0.429. The van der Waals surface area contributed by atoms with Gasteiger partial charge in [0.1, 0.15) is 0 Å². The zero-order valence-electron chi connectivity index (χ0n) is 11.7. The first-order valence-corrected chi connectivity index (χ1v) is 8.55. The van der Waals surface area contributed by atoms with E-state index >= 15 is 0 Å². The SMILES string of the molecule is CNC(=O)CN1CCN(C(=O)c2cc(I)ccc2Br)CC1. The number of likely N-dealkylation sites (N-methyl/N-ethyl adjacent to an activating group) is 1. The molecule has 1 saturated heterocycles. The second-order valence-electron chi connectivity index (χ2n) is 4.87. The van der Waals surface area contributed by atoms with Crippen molar-refractivity contribution >= 4 is 50.3 Å². The van der Waals surface area contributed by atoms with E-state index in [9.17, 15) is 9.59 Å². The molecule has 1 heterocycles. The molecule has 5 nitrogen and oxygen atoms in total. The van der Waals surface area contributed by atoms with Crippen molar-refractivity contribution in [2.45, 2.75) is 0 Å². The van der Waals surface area contributed by atoms with Crippen LogP contribution in [0.1, 0.15) is 10.4 Å². The standard InChI is InChI=1S/C14H17BrIN3O2/c1-17-13(20)9-18-4-6-19(7-5-18)14(21)11-8-10(16)2-3-12(11)15/h2-3,8H,4-7,9H2,1H3,(H,17,20). The summed E-state index contributed by atoms with van der Waals surface area (Å²) in [4.78, 5) is 27.8. The molecule has 114 valence electrons. The molecule has 1 aliphatic rings. The van der Waals surface area contributed by atoms with Gasteiger partial charge < -0.3 is 10.2 Å². The fourth-order valence-electron chi connectivity index (χ4n) is 2.22. The molecule has 21 heavy (non-hydrogen) atoms. The fourth-order valence-corrected chi connectivity index (χ4v) is 3.13. The minimum atomic E-state index is 0.00938. The van der Waals surface area contributed by atoms with Crippen LogP contribution in [0, 0.1) is 3.57 Å². The third-order valence-electron chi connectivity index (χ3n) is 3.46. The molecule has 1 N–H and O–H groups in total. The minimum Gasteiger partial charge on any atom is -0.358 e. The first-order valence-electron chi connectivity index (χ1n) is 6.68. The molecule has 0 unspecified atom stereocenters. The first-order chi connectivity index (χ1) is 10.0. The van der Waals surface area contributed by atoms with Gasteiger partial charge in [0.05, 0.1) is 12.1 Å². The van der Waals surface area contributed by atoms with Crippen LogP contribution >= 0.6 is 38.5 Å². The first kappa shape index (κ1) is 16.7. The van der Waals surface area contributed by atoms with Crippen LogP contribution in [0.3, 0.4) is 0 Å². The van der Waals surface area contributed by atoms with Crippen LogP contribution in [0.25, 0.3) is 0 Å². The lowest BCUT2D eigenvalue weighted by Gasteiger charge is -2.34. The van der Waals surface area contributed by atoms with E-state index in [1.807, 2.05) is 23.1 Å². The quantitative estimate of drug-likeness (QED) is 0.689. The lowest BCUT2D eigenvalue weighted by molar-refractivity contribution is -0.122. The molecule has 0 spiro atoms. The summed E-state index contributed by atoms with van der Waals surface area (Å²) in [7, 11) is 1.64. The van der Waals surface area contributed by atoms with E-state index in [4.69, 9.17) is 0 Å². The van der Waals surface area contributed by atoms with Crippen LogP contribution in [0.2, 0.25) is 0 Å². The predicted molar refractivity (Wildman–Crippen MR) is 93.3 cm³/mol. The molecule has 0 aromatic heterocycles. The smallest absolute Gasteiger partial charge is 0.255 e. The monoisotopic (exact) mass is 465 g/mol. The van der Waals surface area contributed by atoms with Gasteiger partial charge in [-0.05, 0) is 56.7 Å². The van der Waals surface area contributed by atoms with E-state index in [1.165, 1.54) is 0 Å². The number of hydrogen-bond donors (Lipinski definition) is 1. The lowest BCUT2D eigenvalue weighted by Crippen LogP contribution is -2.50. The number of nitrogens with zero attached hydrogens (tertiary/aromatic N) is 2. The molecule has 1 aromatic rings. The number of halogens is 2. The van der Waals surface area contributed by atoms with Crippen molar-refractivity contribution in [1.82, 2.24) is 15.1 Å². The van der Waals surface area contributed by atoms with Gasteiger partial charge in [0.25, 0.3) is 5.91 Å². The maximum absolute atomic E-state index is 12.6. The van der Waals surface area contributed by atoms with E-state index in [0.29, 0.717) is 25.2 Å². The van der Waals surface area contributed by atoms with Crippen molar-refractivity contribution in [3.63, 3.8) is 0 Å². The molecule has 7 heteroatoms. The third kappa shape index (κ3) is 4.40. The number of hydrogen-bond acceptors (Lipinski definition) is 3. The summed E-state index contributed by atoms with van der Waals surface area (Å²) >= 11 is 5.64. The van der Waals surface area contributed by atoms with Crippen LogP contribution in [0.15, 0.2) is 22.7 Å². The van der Waals surface area contributed by atoms with E-state index in [2.05, 4.69) is 48.7 Å². The van der Waals surface area contributed by atoms with Crippen LogP contribution in [0.4, 0.5) is 0 Å². The largest absolute Gasteiger partial charge is 0.358 e. The Morgan fingerprint density at radius 1 is 1.29 bits per heavy atom. The van der Waals surface area contributed by atoms with Crippen molar-refractivity contribution in [1.29, 1.82) is 0 Å². The van der Waals surface area contributed by atoms with Crippen molar-refractivity contribution in [3.05, 3.63) is 31.8 Å². The summed E-state index contributed by atoms with van der Waals surface area (Å²) in [5, 5.41) is 2.62. The van der Waals surface area contributed by atoms with E-state index in [-0.39, 0.29) is 11.8 Å². The average molecular weight is 466 g/mol. The zero-order chi connectivity index (χ0) is 15.4. The molecular formula is C14H17BrIN3O2.